The molecule has 3 aromatic carbocycles. The number of hydrogen-bond acceptors (Lipinski definition) is 2. The third-order valence-corrected chi connectivity index (χ3v) is 5.65. The summed E-state index contributed by atoms with van der Waals surface area (Å²) in [6.07, 6.45) is 1.75. The van der Waals surface area contributed by atoms with E-state index in [9.17, 15) is 4.79 Å². The Morgan fingerprint density at radius 2 is 1.40 bits per heavy atom. The number of carbonyl (C=O) groups is 1. The zero-order valence-corrected chi connectivity index (χ0v) is 18.3. The van der Waals surface area contributed by atoms with Gasteiger partial charge >= 0.3 is 0 Å². The molecule has 1 unspecified atom stereocenters. The lowest BCUT2D eigenvalue weighted by Gasteiger charge is -2.28. The molecule has 0 aliphatic carbocycles. The minimum atomic E-state index is -0.166. The average molecular weight is 402 g/mol. The minimum absolute atomic E-state index is 0.00575. The summed E-state index contributed by atoms with van der Waals surface area (Å²) in [5.41, 5.74) is 5.22. The van der Waals surface area contributed by atoms with Gasteiger partial charge in [0.25, 0.3) is 0 Å². The van der Waals surface area contributed by atoms with Gasteiger partial charge in [0.05, 0.1) is 7.11 Å². The van der Waals surface area contributed by atoms with Crippen LogP contribution in [0.3, 0.4) is 0 Å². The Balaban J connectivity index is 1.99. The van der Waals surface area contributed by atoms with E-state index in [2.05, 4.69) is 36.5 Å². The van der Waals surface area contributed by atoms with Crippen LogP contribution in [0, 0.1) is 19.8 Å². The van der Waals surface area contributed by atoms with E-state index in [0.717, 1.165) is 35.4 Å². The van der Waals surface area contributed by atoms with Crippen molar-refractivity contribution in [1.29, 1.82) is 0 Å². The van der Waals surface area contributed by atoms with Crippen LogP contribution in [-0.2, 0) is 4.79 Å². The Morgan fingerprint density at radius 1 is 0.900 bits per heavy atom. The molecule has 0 radical (unpaired) electrons. The summed E-state index contributed by atoms with van der Waals surface area (Å²) < 4.78 is 5.36. The van der Waals surface area contributed by atoms with Gasteiger partial charge in [-0.3, -0.25) is 4.79 Å². The predicted octanol–water partition coefficient (Wildman–Crippen LogP) is 6.50. The van der Waals surface area contributed by atoms with Crippen molar-refractivity contribution in [3.63, 3.8) is 0 Å². The number of methoxy groups -OCH3 is 1. The first-order valence-corrected chi connectivity index (χ1v) is 10.6. The number of benzene rings is 3. The molecule has 3 nitrogen and oxygen atoms in total. The molecule has 0 fully saturated rings. The number of carbonyl (C=O) groups excluding carboxylic acids is 1. The second-order valence-electron chi connectivity index (χ2n) is 7.82. The predicted molar refractivity (Wildman–Crippen MR) is 124 cm³/mol. The molecular weight excluding hydrogens is 370 g/mol. The molecule has 0 bridgehead atoms. The van der Waals surface area contributed by atoms with E-state index in [4.69, 9.17) is 4.74 Å². The number of ether oxygens (including phenoxy) is 1. The van der Waals surface area contributed by atoms with Crippen LogP contribution in [0.1, 0.15) is 47.9 Å². The average Bonchev–Trinajstić information content (AvgIpc) is 2.77. The molecule has 1 amide bonds. The number of nitrogens with one attached hydrogen (secondary N) is 1. The maximum atomic E-state index is 13.6. The summed E-state index contributed by atoms with van der Waals surface area (Å²) in [7, 11) is 1.66. The summed E-state index contributed by atoms with van der Waals surface area (Å²) in [6, 6.07) is 24.6. The number of rotatable bonds is 8. The quantitative estimate of drug-likeness (QED) is 0.468. The topological polar surface area (TPSA) is 38.3 Å². The molecule has 3 heteroatoms. The monoisotopic (exact) mass is 401 g/mol. The molecule has 1 atom stereocenters. The highest BCUT2D eigenvalue weighted by Crippen LogP contribution is 2.36. The van der Waals surface area contributed by atoms with Gasteiger partial charge in [-0.15, -0.1) is 0 Å². The Hall–Kier alpha value is -3.07. The van der Waals surface area contributed by atoms with Crippen molar-refractivity contribution in [3.05, 3.63) is 95.1 Å². The van der Waals surface area contributed by atoms with Crippen molar-refractivity contribution in [2.45, 2.75) is 39.5 Å². The largest absolute Gasteiger partial charge is 0.497 e. The van der Waals surface area contributed by atoms with Crippen molar-refractivity contribution in [2.24, 2.45) is 5.92 Å². The van der Waals surface area contributed by atoms with Crippen molar-refractivity contribution in [3.8, 4) is 5.75 Å². The Kier molecular flexibility index (Phi) is 7.29. The normalized spacial score (nSPS) is 11.9. The summed E-state index contributed by atoms with van der Waals surface area (Å²) in [5.74, 6) is 0.706. The molecule has 3 rings (SSSR count). The van der Waals surface area contributed by atoms with Crippen LogP contribution in [0.4, 0.5) is 5.69 Å². The lowest BCUT2D eigenvalue weighted by molar-refractivity contribution is -0.120. The molecule has 0 spiro atoms. The molecule has 0 saturated heterocycles. The fraction of sp³-hybridized carbons (Fsp3) is 0.296. The fourth-order valence-electron chi connectivity index (χ4n) is 4.19. The van der Waals surface area contributed by atoms with Crippen molar-refractivity contribution in [2.75, 3.05) is 12.4 Å². The van der Waals surface area contributed by atoms with Crippen LogP contribution in [0.2, 0.25) is 0 Å². The highest BCUT2D eigenvalue weighted by Gasteiger charge is 2.30. The van der Waals surface area contributed by atoms with Gasteiger partial charge in [0.2, 0.25) is 5.91 Å². The number of aryl methyl sites for hydroxylation is 2. The zero-order valence-electron chi connectivity index (χ0n) is 18.3. The first kappa shape index (κ1) is 21.6. The van der Waals surface area contributed by atoms with E-state index in [1.165, 1.54) is 11.1 Å². The van der Waals surface area contributed by atoms with Crippen LogP contribution in [-0.4, -0.2) is 13.0 Å². The fourth-order valence-corrected chi connectivity index (χ4v) is 4.19. The lowest BCUT2D eigenvalue weighted by atomic mass is 9.78. The first-order valence-electron chi connectivity index (χ1n) is 10.6. The van der Waals surface area contributed by atoms with Gasteiger partial charge in [0.15, 0.2) is 0 Å². The smallest absolute Gasteiger partial charge is 0.228 e. The maximum Gasteiger partial charge on any atom is 0.228 e. The minimum Gasteiger partial charge on any atom is -0.497 e. The number of anilines is 1. The zero-order chi connectivity index (χ0) is 21.5. The van der Waals surface area contributed by atoms with E-state index < -0.39 is 0 Å². The number of hydrogen-bond donors (Lipinski definition) is 1. The van der Waals surface area contributed by atoms with Gasteiger partial charge in [-0.2, -0.15) is 0 Å². The molecule has 1 N–H and O–H groups in total. The van der Waals surface area contributed by atoms with Crippen molar-refractivity contribution < 1.29 is 9.53 Å². The van der Waals surface area contributed by atoms with Crippen LogP contribution < -0.4 is 10.1 Å². The number of amides is 1. The highest BCUT2D eigenvalue weighted by atomic mass is 16.5. The van der Waals surface area contributed by atoms with Gasteiger partial charge in [-0.1, -0.05) is 74.0 Å². The third kappa shape index (κ3) is 4.91. The van der Waals surface area contributed by atoms with Crippen LogP contribution in [0.15, 0.2) is 72.8 Å². The molecule has 3 aromatic rings. The summed E-state index contributed by atoms with van der Waals surface area (Å²) in [5, 5.41) is 3.24. The maximum absolute atomic E-state index is 13.6. The summed E-state index contributed by atoms with van der Waals surface area (Å²) in [6.45, 7) is 6.15. The first-order chi connectivity index (χ1) is 14.5. The molecule has 0 saturated carbocycles. The lowest BCUT2D eigenvalue weighted by Crippen LogP contribution is -2.29. The van der Waals surface area contributed by atoms with Crippen LogP contribution in [0.25, 0.3) is 0 Å². The van der Waals surface area contributed by atoms with Gasteiger partial charge in [-0.05, 0) is 54.7 Å². The Bertz CT molecular complexity index is 904. The van der Waals surface area contributed by atoms with Crippen molar-refractivity contribution in [1.82, 2.24) is 0 Å². The molecule has 156 valence electrons. The molecule has 0 heterocycles. The van der Waals surface area contributed by atoms with E-state index in [0.29, 0.717) is 0 Å². The highest BCUT2D eigenvalue weighted by molar-refractivity contribution is 5.95. The third-order valence-electron chi connectivity index (χ3n) is 5.65. The van der Waals surface area contributed by atoms with E-state index >= 15 is 0 Å². The van der Waals surface area contributed by atoms with Crippen molar-refractivity contribution >= 4 is 11.6 Å². The van der Waals surface area contributed by atoms with E-state index in [1.807, 2.05) is 62.4 Å². The molecule has 0 aromatic heterocycles. The van der Waals surface area contributed by atoms with E-state index in [1.54, 1.807) is 7.11 Å². The van der Waals surface area contributed by atoms with Gasteiger partial charge in [-0.25, -0.2) is 0 Å². The second kappa shape index (κ2) is 10.1. The molecular formula is C27H31NO2. The summed E-state index contributed by atoms with van der Waals surface area (Å²) >= 11 is 0. The summed E-state index contributed by atoms with van der Waals surface area (Å²) in [4.78, 5) is 13.6. The van der Waals surface area contributed by atoms with Gasteiger partial charge < -0.3 is 10.1 Å². The molecule has 30 heavy (non-hydrogen) atoms. The Morgan fingerprint density at radius 3 is 1.83 bits per heavy atom. The molecule has 0 aliphatic heterocycles. The van der Waals surface area contributed by atoms with E-state index in [-0.39, 0.29) is 17.7 Å². The standard InChI is InChI=1S/C27H31NO2/c1-5-12-24(27(29)28-26-19(2)17-23(30-4)18-20(26)3)25(21-13-8-6-9-14-21)22-15-10-7-11-16-22/h6-11,13-18,24-25H,5,12H2,1-4H3,(H,28,29). The van der Waals surface area contributed by atoms with Gasteiger partial charge in [0, 0.05) is 17.5 Å². The molecule has 0 aliphatic rings. The van der Waals surface area contributed by atoms with Crippen LogP contribution in [0.5, 0.6) is 5.75 Å². The van der Waals surface area contributed by atoms with Gasteiger partial charge in [0.1, 0.15) is 5.75 Å². The SMILES string of the molecule is CCCC(C(=O)Nc1c(C)cc(OC)cc1C)C(c1ccccc1)c1ccccc1. The Labute approximate surface area is 180 Å². The second-order valence-corrected chi connectivity index (χ2v) is 7.82. The van der Waals surface area contributed by atoms with Crippen LogP contribution >= 0.6 is 0 Å².